The van der Waals surface area contributed by atoms with E-state index in [2.05, 4.69) is 47.6 Å². The summed E-state index contributed by atoms with van der Waals surface area (Å²) in [5, 5.41) is 0. The van der Waals surface area contributed by atoms with Gasteiger partial charge in [-0.25, -0.2) is 0 Å². The molecule has 0 heterocycles. The molecule has 1 aliphatic carbocycles. The molecule has 1 unspecified atom stereocenters. The van der Waals surface area contributed by atoms with Crippen molar-refractivity contribution < 1.29 is 7.81 Å². The number of ether oxygens (including phenoxy) is 1. The van der Waals surface area contributed by atoms with Crippen LogP contribution in [0.25, 0.3) is 0 Å². The van der Waals surface area contributed by atoms with E-state index in [4.69, 9.17) is 7.81 Å². The van der Waals surface area contributed by atoms with E-state index in [1.807, 2.05) is 0 Å². The van der Waals surface area contributed by atoms with Crippen LogP contribution in [0.3, 0.4) is 0 Å². The van der Waals surface area contributed by atoms with Gasteiger partial charge in [-0.05, 0) is 0 Å². The van der Waals surface area contributed by atoms with Gasteiger partial charge in [0.1, 0.15) is 0 Å². The molecule has 24 heavy (non-hydrogen) atoms. The van der Waals surface area contributed by atoms with Crippen molar-refractivity contribution in [3.8, 4) is 0 Å². The monoisotopic (exact) mass is 446 g/mol. The van der Waals surface area contributed by atoms with Crippen molar-refractivity contribution in [2.45, 2.75) is 106 Å². The molecule has 0 amide bonds. The molecule has 0 aromatic heterocycles. The maximum absolute atomic E-state index is 6.66. The van der Waals surface area contributed by atoms with Crippen LogP contribution in [0.15, 0.2) is 11.6 Å². The molecule has 0 spiro atoms. The zero-order valence-electron chi connectivity index (χ0n) is 17.2. The Balaban J connectivity index is 2.59. The zero-order valence-corrected chi connectivity index (χ0v) is 20.1. The average molecular weight is 445 g/mol. The van der Waals surface area contributed by atoms with E-state index in [1.165, 1.54) is 57.4 Å². The molecule has 1 aliphatic rings. The number of hydrogen-bond donors (Lipinski definition) is 0. The van der Waals surface area contributed by atoms with Crippen LogP contribution in [0.5, 0.6) is 0 Å². The van der Waals surface area contributed by atoms with Gasteiger partial charge in [0, 0.05) is 0 Å². The minimum absolute atomic E-state index is 0.257. The third-order valence-electron chi connectivity index (χ3n) is 5.82. The van der Waals surface area contributed by atoms with Gasteiger partial charge in [0.25, 0.3) is 0 Å². The van der Waals surface area contributed by atoms with Crippen molar-refractivity contribution in [2.75, 3.05) is 6.79 Å². The summed E-state index contributed by atoms with van der Waals surface area (Å²) < 4.78 is 17.0. The molecule has 0 saturated carbocycles. The van der Waals surface area contributed by atoms with Crippen molar-refractivity contribution >= 4 is 18.8 Å². The first-order valence-corrected chi connectivity index (χ1v) is 17.6. The molecular formula is C21H42O2Sn. The van der Waals surface area contributed by atoms with Gasteiger partial charge in [0.2, 0.25) is 0 Å². The van der Waals surface area contributed by atoms with Gasteiger partial charge in [0.15, 0.2) is 0 Å². The molecule has 0 aliphatic heterocycles. The van der Waals surface area contributed by atoms with Gasteiger partial charge in [-0.2, -0.15) is 0 Å². The molecule has 0 radical (unpaired) electrons. The van der Waals surface area contributed by atoms with E-state index in [0.29, 0.717) is 6.79 Å². The quantitative estimate of drug-likeness (QED) is 0.172. The summed E-state index contributed by atoms with van der Waals surface area (Å²) in [6, 6.07) is 0. The van der Waals surface area contributed by atoms with Gasteiger partial charge in [-0.1, -0.05) is 0 Å². The van der Waals surface area contributed by atoms with E-state index in [9.17, 15) is 0 Å². The fourth-order valence-corrected chi connectivity index (χ4v) is 16.5. The Kier molecular flexibility index (Phi) is 10.5. The second kappa shape index (κ2) is 11.2. The fourth-order valence-electron chi connectivity index (χ4n) is 3.67. The van der Waals surface area contributed by atoms with Crippen LogP contribution in [0.4, 0.5) is 0 Å². The average Bonchev–Trinajstić information content (AvgIpc) is 2.81. The molecule has 2 nitrogen and oxygen atoms in total. The summed E-state index contributed by atoms with van der Waals surface area (Å²) in [7, 11) is 0. The molecule has 3 heteroatoms. The SMILES string of the molecule is CCC[CH2][Sn]([CH2]CCC)([CH2]CCC)[O]COC1C=C(C)C(C)(C)C1. The van der Waals surface area contributed by atoms with Crippen molar-refractivity contribution in [1.82, 2.24) is 0 Å². The number of rotatable bonds is 13. The van der Waals surface area contributed by atoms with Gasteiger partial charge in [-0.15, -0.1) is 0 Å². The van der Waals surface area contributed by atoms with Crippen LogP contribution < -0.4 is 0 Å². The second-order valence-corrected chi connectivity index (χ2v) is 20.3. The molecule has 0 fully saturated rings. The van der Waals surface area contributed by atoms with Crippen molar-refractivity contribution in [3.05, 3.63) is 11.6 Å². The van der Waals surface area contributed by atoms with Crippen molar-refractivity contribution in [2.24, 2.45) is 5.41 Å². The van der Waals surface area contributed by atoms with Crippen LogP contribution in [-0.2, 0) is 7.81 Å². The second-order valence-electron chi connectivity index (χ2n) is 8.40. The molecule has 0 saturated heterocycles. The molecule has 0 aromatic rings. The van der Waals surface area contributed by atoms with Gasteiger partial charge >= 0.3 is 156 Å². The molecule has 0 N–H and O–H groups in total. The molecule has 142 valence electrons. The Hall–Kier alpha value is 0.459. The van der Waals surface area contributed by atoms with E-state index >= 15 is 0 Å². The topological polar surface area (TPSA) is 18.5 Å². The predicted molar refractivity (Wildman–Crippen MR) is 108 cm³/mol. The van der Waals surface area contributed by atoms with Crippen LogP contribution in [0.2, 0.25) is 13.3 Å². The fraction of sp³-hybridized carbons (Fsp3) is 0.905. The third kappa shape index (κ3) is 7.37. The van der Waals surface area contributed by atoms with Gasteiger partial charge in [-0.3, -0.25) is 0 Å². The number of unbranched alkanes of at least 4 members (excludes halogenated alkanes) is 3. The summed E-state index contributed by atoms with van der Waals surface area (Å²) in [6.45, 7) is 14.3. The number of hydrogen-bond acceptors (Lipinski definition) is 2. The molecule has 0 aromatic carbocycles. The van der Waals surface area contributed by atoms with Crippen LogP contribution in [-0.4, -0.2) is 31.7 Å². The van der Waals surface area contributed by atoms with Crippen LogP contribution in [0, 0.1) is 5.41 Å². The molecular weight excluding hydrogens is 403 g/mol. The Labute approximate surface area is 156 Å². The first-order valence-electron chi connectivity index (χ1n) is 10.3. The standard InChI is InChI=1S/C9H15O2.3C4H9.Sn/c1-7-4-8(11-6-10)5-9(7,2)3;3*1-3-4-2;/h4,8H,5-6H2,1-3H3;3*1,3-4H2,2H3;/q-1;;;;+1. The third-order valence-corrected chi connectivity index (χ3v) is 18.7. The first kappa shape index (κ1) is 22.5. The predicted octanol–water partition coefficient (Wildman–Crippen LogP) is 7.07. The van der Waals surface area contributed by atoms with Gasteiger partial charge < -0.3 is 0 Å². The molecule has 1 rings (SSSR count). The zero-order chi connectivity index (χ0) is 18.1. The Morgan fingerprint density at radius 1 is 1.00 bits per heavy atom. The Morgan fingerprint density at radius 2 is 1.50 bits per heavy atom. The summed E-state index contributed by atoms with van der Waals surface area (Å²) in [5.41, 5.74) is 1.75. The summed E-state index contributed by atoms with van der Waals surface area (Å²) in [4.78, 5) is 0. The summed E-state index contributed by atoms with van der Waals surface area (Å²) >= 11 is -2.48. The maximum atomic E-state index is 6.66. The molecule has 1 atom stereocenters. The number of allylic oxidation sites excluding steroid dienone is 1. The van der Waals surface area contributed by atoms with E-state index in [-0.39, 0.29) is 11.5 Å². The minimum atomic E-state index is -2.48. The van der Waals surface area contributed by atoms with E-state index in [0.717, 1.165) is 6.42 Å². The van der Waals surface area contributed by atoms with Crippen molar-refractivity contribution in [3.63, 3.8) is 0 Å². The molecule has 0 bridgehead atoms. The van der Waals surface area contributed by atoms with Crippen molar-refractivity contribution in [1.29, 1.82) is 0 Å². The summed E-state index contributed by atoms with van der Waals surface area (Å²) in [5.74, 6) is 0. The normalized spacial score (nSPS) is 20.4. The Bertz CT molecular complexity index is 354. The Morgan fingerprint density at radius 3 is 1.88 bits per heavy atom. The van der Waals surface area contributed by atoms with Crippen LogP contribution >= 0.6 is 0 Å². The van der Waals surface area contributed by atoms with Crippen LogP contribution in [0.1, 0.15) is 86.5 Å². The van der Waals surface area contributed by atoms with E-state index < -0.39 is 18.8 Å². The van der Waals surface area contributed by atoms with Gasteiger partial charge in [0.05, 0.1) is 0 Å². The first-order chi connectivity index (χ1) is 11.4. The summed E-state index contributed by atoms with van der Waals surface area (Å²) in [6.07, 6.45) is 11.6. The van der Waals surface area contributed by atoms with E-state index in [1.54, 1.807) is 0 Å².